The Bertz CT molecular complexity index is 2400. The fourth-order valence-electron chi connectivity index (χ4n) is 7.92. The Labute approximate surface area is 539 Å². The number of carboxylic acid groups (broad SMARTS) is 1. The van der Waals surface area contributed by atoms with Crippen molar-refractivity contribution in [3.8, 4) is 0 Å². The van der Waals surface area contributed by atoms with E-state index in [0.29, 0.717) is 89.7 Å². The number of rotatable bonds is 15. The van der Waals surface area contributed by atoms with Crippen molar-refractivity contribution in [2.75, 3.05) is 119 Å². The maximum Gasteiger partial charge on any atom is 0.662 e. The largest absolute Gasteiger partial charge is 0.662 e. The Morgan fingerprint density at radius 2 is 0.802 bits per heavy atom. The molecule has 5 heterocycles. The van der Waals surface area contributed by atoms with Gasteiger partial charge in [-0.3, -0.25) is 72.8 Å². The van der Waals surface area contributed by atoms with Crippen LogP contribution in [0.5, 0.6) is 0 Å². The fourth-order valence-corrected chi connectivity index (χ4v) is 7.92. The van der Waals surface area contributed by atoms with Crippen LogP contribution in [-0.4, -0.2) is 249 Å². The maximum atomic E-state index is 12.5. The Morgan fingerprint density at radius 1 is 0.484 bits per heavy atom. The van der Waals surface area contributed by atoms with Crippen molar-refractivity contribution in [2.24, 2.45) is 0 Å². The molecule has 0 aromatic carbocycles. The molecule has 2 aromatic heterocycles. The van der Waals surface area contributed by atoms with Gasteiger partial charge in [-0.15, -0.1) is 0 Å². The lowest BCUT2D eigenvalue weighted by Crippen LogP contribution is -2.42. The molecule has 27 nitrogen and oxygen atoms in total. The molecule has 3 aliphatic rings. The molecule has 0 atom stereocenters. The number of nitrogens with zero attached hydrogens (tertiary/aromatic N) is 7. The van der Waals surface area contributed by atoms with Gasteiger partial charge in [0.1, 0.15) is 28.1 Å². The van der Waals surface area contributed by atoms with Gasteiger partial charge in [0.15, 0.2) is 6.29 Å². The van der Waals surface area contributed by atoms with E-state index < -0.39 is 52.3 Å². The molecular weight excluding hydrogens is 1190 g/mol. The number of hydrogen-bond acceptors (Lipinski definition) is 26. The maximum absolute atomic E-state index is 12.5. The summed E-state index contributed by atoms with van der Waals surface area (Å²) in [7, 11) is 3.33. The molecule has 2 aromatic rings. The van der Waals surface area contributed by atoms with Crippen molar-refractivity contribution >= 4 is 67.7 Å². The number of ether oxygens (including phenoxy) is 7. The molecule has 28 heteroatoms. The van der Waals surface area contributed by atoms with Gasteiger partial charge in [0, 0.05) is 105 Å². The summed E-state index contributed by atoms with van der Waals surface area (Å²) in [5.74, 6) is -3.67. The SMILES string of the molecule is C1CCOC1.CC(=O)O.CC(=O)O[B]OC(C)=O.CC(C)(C)OC(=O)CN1CCCCCN(CC(=O)OC(C)(C)C)CC1.COC(=O)c1ccc(C=O)nc1.COC(=O)c1ccc(CN2CCN(CC(=O)OC(C)(C)C)CCN(CC(=O)OC(C)(C)C)CC2)nc1. The predicted octanol–water partition coefficient (Wildman–Crippen LogP) is 5.64. The van der Waals surface area contributed by atoms with E-state index in [2.05, 4.69) is 48.5 Å². The Balaban J connectivity index is 0.00000125. The van der Waals surface area contributed by atoms with E-state index in [0.717, 1.165) is 71.3 Å². The van der Waals surface area contributed by atoms with Gasteiger partial charge in [-0.25, -0.2) is 9.59 Å². The number of esters is 6. The van der Waals surface area contributed by atoms with Gasteiger partial charge in [0.05, 0.1) is 57.2 Å². The fraction of sp³-hybridized carbons (Fsp3) is 0.683. The van der Waals surface area contributed by atoms with Gasteiger partial charge in [-0.2, -0.15) is 0 Å². The number of aromatic nitrogens is 2. The van der Waals surface area contributed by atoms with Gasteiger partial charge in [0.25, 0.3) is 17.9 Å². The second kappa shape index (κ2) is 44.5. The molecule has 91 heavy (non-hydrogen) atoms. The lowest BCUT2D eigenvalue weighted by molar-refractivity contribution is -0.158. The molecule has 3 aliphatic heterocycles. The number of carboxylic acids is 1. The highest BCUT2D eigenvalue weighted by atomic mass is 16.6. The van der Waals surface area contributed by atoms with Gasteiger partial charge in [0.2, 0.25) is 0 Å². The van der Waals surface area contributed by atoms with Gasteiger partial charge in [-0.05, 0) is 146 Å². The molecule has 3 saturated heterocycles. The molecule has 1 radical (unpaired) electrons. The van der Waals surface area contributed by atoms with E-state index in [1.807, 2.05) is 89.2 Å². The first-order valence-electron chi connectivity index (χ1n) is 30.3. The molecular formula is C63H103BN7O20. The second-order valence-electron chi connectivity index (χ2n) is 25.1. The molecule has 0 unspecified atom stereocenters. The number of aldehydes is 1. The van der Waals surface area contributed by atoms with E-state index in [9.17, 15) is 43.2 Å². The monoisotopic (exact) mass is 1290 g/mol. The zero-order chi connectivity index (χ0) is 69.4. The summed E-state index contributed by atoms with van der Waals surface area (Å²) in [6, 6.07) is 6.46. The summed E-state index contributed by atoms with van der Waals surface area (Å²) < 4.78 is 44.3. The van der Waals surface area contributed by atoms with Crippen molar-refractivity contribution in [2.45, 2.75) is 165 Å². The van der Waals surface area contributed by atoms with Crippen LogP contribution < -0.4 is 0 Å². The highest BCUT2D eigenvalue weighted by Gasteiger charge is 2.26. The van der Waals surface area contributed by atoms with E-state index >= 15 is 0 Å². The smallest absolute Gasteiger partial charge is 0.500 e. The van der Waals surface area contributed by atoms with Crippen LogP contribution in [0.4, 0.5) is 0 Å². The second-order valence-corrected chi connectivity index (χ2v) is 25.1. The first-order chi connectivity index (χ1) is 42.3. The number of carbonyl (C=O) groups excluding carboxylic acids is 9. The average molecular weight is 1290 g/mol. The Morgan fingerprint density at radius 3 is 1.05 bits per heavy atom. The number of carbonyl (C=O) groups is 10. The van der Waals surface area contributed by atoms with Crippen molar-refractivity contribution in [1.82, 2.24) is 34.5 Å². The van der Waals surface area contributed by atoms with Crippen LogP contribution in [0, 0.1) is 0 Å². The third-order valence-electron chi connectivity index (χ3n) is 11.7. The van der Waals surface area contributed by atoms with Crippen LogP contribution in [-0.2, 0) is 82.6 Å². The summed E-state index contributed by atoms with van der Waals surface area (Å²) in [5, 5.41) is 7.42. The third kappa shape index (κ3) is 48.5. The number of pyridine rings is 2. The quantitative estimate of drug-likeness (QED) is 0.0975. The van der Waals surface area contributed by atoms with E-state index in [1.165, 1.54) is 65.4 Å². The minimum absolute atomic E-state index is 0.178. The van der Waals surface area contributed by atoms with E-state index in [-0.39, 0.29) is 37.0 Å². The van der Waals surface area contributed by atoms with Gasteiger partial charge in [-0.1, -0.05) is 6.42 Å². The van der Waals surface area contributed by atoms with Gasteiger partial charge >= 0.3 is 43.5 Å². The van der Waals surface area contributed by atoms with Crippen LogP contribution in [0.3, 0.4) is 0 Å². The zero-order valence-electron chi connectivity index (χ0n) is 57.0. The first-order valence-corrected chi connectivity index (χ1v) is 30.3. The number of methoxy groups -OCH3 is 2. The topological polar surface area (TPSA) is 316 Å². The molecule has 513 valence electrons. The standard InChI is InChI=1S/C26H42N4O6.C19H36N2O4.C8H7NO3.C4H6BO4.C4H8O.C2H4O2/c1-25(2,3)35-22(31)18-29-12-10-28(17-21-9-8-20(16-27-21)24(33)34-7)11-13-30(15-14-29)19-23(32)36-26(4,5)6;1-18(2,3)24-16(22)14-20-10-8-7-9-11-21(13-12-20)15-17(23)25-19(4,5)6;1-12-8(11)6-2-3-7(5-10)9-4-6;1-3(6)8-5-9-4(2)7;1-2-4-5-3-1;1-2(3)4/h8-9,16H,10-15,17-19H2,1-7H3;7-15H2,1-6H3;2-5H,1H3;1-2H3;1-4H2;1H3,(H,3,4). The third-order valence-corrected chi connectivity index (χ3v) is 11.7. The number of aliphatic carboxylic acids is 1. The molecule has 0 spiro atoms. The Hall–Kier alpha value is -6.98. The minimum Gasteiger partial charge on any atom is -0.500 e. The zero-order valence-corrected chi connectivity index (χ0v) is 57.0. The highest BCUT2D eigenvalue weighted by molar-refractivity contribution is 6.25. The van der Waals surface area contributed by atoms with E-state index in [4.69, 9.17) is 38.3 Å². The van der Waals surface area contributed by atoms with Crippen molar-refractivity contribution in [3.05, 3.63) is 59.2 Å². The van der Waals surface area contributed by atoms with Crippen molar-refractivity contribution < 1.29 is 95.5 Å². The van der Waals surface area contributed by atoms with Gasteiger partial charge < -0.3 is 47.6 Å². The average Bonchev–Trinajstić information content (AvgIpc) is 2.61. The summed E-state index contributed by atoms with van der Waals surface area (Å²) >= 11 is 0. The molecule has 5 rings (SSSR count). The Kier molecular flexibility index (Phi) is 41.1. The minimum atomic E-state index is -0.833. The molecule has 0 bridgehead atoms. The van der Waals surface area contributed by atoms with Crippen LogP contribution in [0.15, 0.2) is 36.7 Å². The van der Waals surface area contributed by atoms with Crippen LogP contribution >= 0.6 is 0 Å². The summed E-state index contributed by atoms with van der Waals surface area (Å²) in [5.41, 5.74) is -0.164. The van der Waals surface area contributed by atoms with E-state index in [1.54, 1.807) is 6.07 Å². The molecule has 3 fully saturated rings. The molecule has 0 saturated carbocycles. The lowest BCUT2D eigenvalue weighted by Gasteiger charge is -2.27. The van der Waals surface area contributed by atoms with Crippen LogP contribution in [0.1, 0.15) is 173 Å². The number of hydrogen-bond donors (Lipinski definition) is 1. The summed E-state index contributed by atoms with van der Waals surface area (Å²) in [6.45, 7) is 36.7. The van der Waals surface area contributed by atoms with Crippen molar-refractivity contribution in [1.29, 1.82) is 0 Å². The lowest BCUT2D eigenvalue weighted by atomic mass is 10.2. The first kappa shape index (κ1) is 84.0. The molecule has 0 amide bonds. The normalized spacial score (nSPS) is 15.4. The van der Waals surface area contributed by atoms with Crippen LogP contribution in [0.2, 0.25) is 0 Å². The molecule has 1 N–H and O–H groups in total. The highest BCUT2D eigenvalue weighted by Crippen LogP contribution is 2.15. The molecule has 0 aliphatic carbocycles. The predicted molar refractivity (Wildman–Crippen MR) is 337 cm³/mol. The summed E-state index contributed by atoms with van der Waals surface area (Å²) in [4.78, 5) is 130. The summed E-state index contributed by atoms with van der Waals surface area (Å²) in [6.07, 6.45) is 9.19. The van der Waals surface area contributed by atoms with Crippen LogP contribution in [0.25, 0.3) is 0 Å². The van der Waals surface area contributed by atoms with Crippen molar-refractivity contribution in [3.63, 3.8) is 0 Å².